The first-order valence-corrected chi connectivity index (χ1v) is 13.2. The number of benzene rings is 1. The molecule has 1 aliphatic carbocycles. The minimum Gasteiger partial charge on any atom is -0.353 e. The van der Waals surface area contributed by atoms with Crippen LogP contribution < -0.4 is 10.9 Å². The average Bonchev–Trinajstić information content (AvgIpc) is 3.48. The van der Waals surface area contributed by atoms with E-state index in [0.717, 1.165) is 28.6 Å². The zero-order chi connectivity index (χ0) is 22.8. The third kappa shape index (κ3) is 4.68. The Bertz CT molecular complexity index is 1340. The summed E-state index contributed by atoms with van der Waals surface area (Å²) >= 11 is 2.72. The first-order valence-electron chi connectivity index (χ1n) is 11.4. The highest BCUT2D eigenvalue weighted by molar-refractivity contribution is 7.99. The summed E-state index contributed by atoms with van der Waals surface area (Å²) in [7, 11) is 0. The van der Waals surface area contributed by atoms with E-state index in [1.165, 1.54) is 35.9 Å². The van der Waals surface area contributed by atoms with Crippen LogP contribution in [0, 0.1) is 0 Å². The lowest BCUT2D eigenvalue weighted by molar-refractivity contribution is -0.119. The van der Waals surface area contributed by atoms with Gasteiger partial charge in [0.1, 0.15) is 9.53 Å². The predicted octanol–water partition coefficient (Wildman–Crippen LogP) is 4.96. The maximum Gasteiger partial charge on any atom is 0.272 e. The van der Waals surface area contributed by atoms with Gasteiger partial charge < -0.3 is 5.32 Å². The topological polar surface area (TPSA) is 76.9 Å². The van der Waals surface area contributed by atoms with E-state index in [2.05, 4.69) is 29.4 Å². The lowest BCUT2D eigenvalue weighted by Crippen LogP contribution is -2.34. The van der Waals surface area contributed by atoms with Crippen molar-refractivity contribution in [2.24, 2.45) is 0 Å². The van der Waals surface area contributed by atoms with Crippen molar-refractivity contribution in [3.63, 3.8) is 0 Å². The zero-order valence-corrected chi connectivity index (χ0v) is 20.1. The van der Waals surface area contributed by atoms with Crippen LogP contribution in [0.25, 0.3) is 20.4 Å². The van der Waals surface area contributed by atoms with Gasteiger partial charge >= 0.3 is 0 Å². The lowest BCUT2D eigenvalue weighted by Gasteiger charge is -2.17. The van der Waals surface area contributed by atoms with E-state index in [1.807, 2.05) is 30.3 Å². The Morgan fingerprint density at radius 2 is 2.00 bits per heavy atom. The summed E-state index contributed by atoms with van der Waals surface area (Å²) in [5.74, 6) is 0.372. The smallest absolute Gasteiger partial charge is 0.272 e. The zero-order valence-electron chi connectivity index (χ0n) is 18.5. The Labute approximate surface area is 200 Å². The van der Waals surface area contributed by atoms with Gasteiger partial charge in [-0.3, -0.25) is 14.2 Å². The van der Waals surface area contributed by atoms with Gasteiger partial charge in [-0.1, -0.05) is 61.9 Å². The third-order valence-corrected chi connectivity index (χ3v) is 8.26. The molecular formula is C25H26N4O2S2. The number of carbonyl (C=O) groups excluding carboxylic acids is 1. The molecule has 0 spiro atoms. The number of hydrogen-bond acceptors (Lipinski definition) is 6. The fourth-order valence-corrected chi connectivity index (χ4v) is 6.29. The summed E-state index contributed by atoms with van der Waals surface area (Å²) in [5, 5.41) is 4.60. The van der Waals surface area contributed by atoms with Crippen LogP contribution in [0.5, 0.6) is 0 Å². The van der Waals surface area contributed by atoms with Crippen molar-refractivity contribution in [3.8, 4) is 0 Å². The van der Waals surface area contributed by atoms with E-state index in [1.54, 1.807) is 10.8 Å². The molecule has 6 nitrogen and oxygen atoms in total. The summed E-state index contributed by atoms with van der Waals surface area (Å²) < 4.78 is 2.35. The Morgan fingerprint density at radius 1 is 1.21 bits per heavy atom. The van der Waals surface area contributed by atoms with Crippen molar-refractivity contribution in [1.29, 1.82) is 0 Å². The Morgan fingerprint density at radius 3 is 2.79 bits per heavy atom. The summed E-state index contributed by atoms with van der Waals surface area (Å²) in [4.78, 5) is 36.3. The molecule has 0 aliphatic heterocycles. The van der Waals surface area contributed by atoms with Crippen molar-refractivity contribution in [2.75, 3.05) is 5.75 Å². The molecule has 1 aliphatic rings. The second-order valence-electron chi connectivity index (χ2n) is 8.60. The van der Waals surface area contributed by atoms with Crippen LogP contribution in [0.2, 0.25) is 0 Å². The standard InChI is InChI=1S/C25H26N4O2S2/c1-16(17-8-3-2-4-9-17)14-29-24(31)22-21(19-12-7-13-26-23(19)33-22)28-25(29)32-15-20(30)27-18-10-5-6-11-18/h2-4,7-9,12-13,16,18H,5-6,10-11,14-15H2,1H3,(H,27,30). The first-order chi connectivity index (χ1) is 16.1. The normalized spacial score (nSPS) is 15.3. The molecule has 3 heterocycles. The molecule has 5 rings (SSSR count). The van der Waals surface area contributed by atoms with Crippen LogP contribution in [-0.4, -0.2) is 32.2 Å². The van der Waals surface area contributed by atoms with Crippen LogP contribution in [0.3, 0.4) is 0 Å². The highest BCUT2D eigenvalue weighted by atomic mass is 32.2. The minimum atomic E-state index is -0.0653. The molecule has 0 bridgehead atoms. The number of nitrogens with one attached hydrogen (secondary N) is 1. The number of carbonyl (C=O) groups is 1. The summed E-state index contributed by atoms with van der Waals surface area (Å²) in [6, 6.07) is 14.3. The van der Waals surface area contributed by atoms with Gasteiger partial charge in [0.2, 0.25) is 5.91 Å². The molecule has 1 N–H and O–H groups in total. The van der Waals surface area contributed by atoms with E-state index < -0.39 is 0 Å². The van der Waals surface area contributed by atoms with Gasteiger partial charge in [-0.2, -0.15) is 0 Å². The summed E-state index contributed by atoms with van der Waals surface area (Å²) in [6.45, 7) is 2.61. The highest BCUT2D eigenvalue weighted by Crippen LogP contribution is 2.31. The van der Waals surface area contributed by atoms with E-state index >= 15 is 0 Å². The van der Waals surface area contributed by atoms with Gasteiger partial charge in [0, 0.05) is 24.2 Å². The van der Waals surface area contributed by atoms with Crippen LogP contribution >= 0.6 is 23.1 Å². The minimum absolute atomic E-state index is 0.000692. The van der Waals surface area contributed by atoms with Crippen molar-refractivity contribution in [2.45, 2.75) is 56.3 Å². The maximum absolute atomic E-state index is 13.6. The first kappa shape index (κ1) is 22.1. The SMILES string of the molecule is CC(Cn1c(SCC(=O)NC2CCCC2)nc2c(sc3ncccc32)c1=O)c1ccccc1. The number of rotatable bonds is 7. The maximum atomic E-state index is 13.6. The van der Waals surface area contributed by atoms with Gasteiger partial charge in [0.05, 0.1) is 11.3 Å². The molecule has 0 saturated heterocycles. The highest BCUT2D eigenvalue weighted by Gasteiger charge is 2.21. The molecule has 1 aromatic carbocycles. The van der Waals surface area contributed by atoms with Crippen LogP contribution in [0.4, 0.5) is 0 Å². The molecule has 1 fully saturated rings. The van der Waals surface area contributed by atoms with E-state index in [4.69, 9.17) is 4.98 Å². The largest absolute Gasteiger partial charge is 0.353 e. The summed E-state index contributed by atoms with van der Waals surface area (Å²) in [5.41, 5.74) is 1.78. The molecule has 1 saturated carbocycles. The van der Waals surface area contributed by atoms with Gasteiger partial charge in [-0.15, -0.1) is 11.3 Å². The van der Waals surface area contributed by atoms with Gasteiger partial charge in [-0.25, -0.2) is 9.97 Å². The number of hydrogen-bond donors (Lipinski definition) is 1. The number of aromatic nitrogens is 3. The molecule has 0 radical (unpaired) electrons. The number of thiophene rings is 1. The quantitative estimate of drug-likeness (QED) is 0.300. The second kappa shape index (κ2) is 9.65. The fourth-order valence-electron chi connectivity index (χ4n) is 4.44. The van der Waals surface area contributed by atoms with Crippen LogP contribution in [-0.2, 0) is 11.3 Å². The summed E-state index contributed by atoms with van der Waals surface area (Å²) in [6.07, 6.45) is 6.18. The second-order valence-corrected chi connectivity index (χ2v) is 10.5. The van der Waals surface area contributed by atoms with Crippen molar-refractivity contribution in [1.82, 2.24) is 19.9 Å². The molecule has 3 aromatic heterocycles. The van der Waals surface area contributed by atoms with E-state index in [-0.39, 0.29) is 29.2 Å². The molecule has 1 unspecified atom stereocenters. The van der Waals surface area contributed by atoms with E-state index in [0.29, 0.717) is 21.9 Å². The van der Waals surface area contributed by atoms with Gasteiger partial charge in [-0.05, 0) is 36.5 Å². The monoisotopic (exact) mass is 478 g/mol. The number of pyridine rings is 1. The average molecular weight is 479 g/mol. The molecule has 1 amide bonds. The number of amides is 1. The van der Waals surface area contributed by atoms with Crippen molar-refractivity contribution >= 4 is 49.4 Å². The van der Waals surface area contributed by atoms with Gasteiger partial charge in [0.15, 0.2) is 5.16 Å². The Hall–Kier alpha value is -2.71. The molecule has 4 aromatic rings. The molecule has 1 atom stereocenters. The number of fused-ring (bicyclic) bond motifs is 3. The van der Waals surface area contributed by atoms with Gasteiger partial charge in [0.25, 0.3) is 5.56 Å². The molecular weight excluding hydrogens is 452 g/mol. The molecule has 170 valence electrons. The Balaban J connectivity index is 1.49. The fraction of sp³-hybridized carbons (Fsp3) is 0.360. The number of nitrogens with zero attached hydrogens (tertiary/aromatic N) is 3. The third-order valence-electron chi connectivity index (χ3n) is 6.20. The van der Waals surface area contributed by atoms with Crippen molar-refractivity contribution in [3.05, 3.63) is 64.6 Å². The van der Waals surface area contributed by atoms with Crippen LogP contribution in [0.1, 0.15) is 44.1 Å². The predicted molar refractivity (Wildman–Crippen MR) is 135 cm³/mol. The molecule has 8 heteroatoms. The molecule has 33 heavy (non-hydrogen) atoms. The lowest BCUT2D eigenvalue weighted by atomic mass is 10.0. The number of thioether (sulfide) groups is 1. The van der Waals surface area contributed by atoms with E-state index in [9.17, 15) is 9.59 Å². The Kier molecular flexibility index (Phi) is 6.46. The van der Waals surface area contributed by atoms with Crippen LogP contribution in [0.15, 0.2) is 58.6 Å². The van der Waals surface area contributed by atoms with Crippen molar-refractivity contribution < 1.29 is 4.79 Å².